The fourth-order valence-electron chi connectivity index (χ4n) is 2.38. The molecule has 1 aliphatic rings. The molecular formula is C11H13ClN4O2S. The van der Waals surface area contributed by atoms with E-state index in [1.54, 1.807) is 0 Å². The Labute approximate surface area is 118 Å². The first-order chi connectivity index (χ1) is 8.99. The van der Waals surface area contributed by atoms with E-state index in [0.29, 0.717) is 31.2 Å². The number of nitrogens with two attached hydrogens (primary N) is 1. The predicted octanol–water partition coefficient (Wildman–Crippen LogP) is 1.04. The minimum Gasteiger partial charge on any atom is -0.480 e. The first-order valence-corrected chi connectivity index (χ1v) is 7.10. The van der Waals surface area contributed by atoms with Gasteiger partial charge >= 0.3 is 5.97 Å². The van der Waals surface area contributed by atoms with Gasteiger partial charge < -0.3 is 10.8 Å². The van der Waals surface area contributed by atoms with Crippen molar-refractivity contribution in [3.8, 4) is 0 Å². The number of carboxylic acid groups (broad SMARTS) is 1. The molecule has 8 heteroatoms. The lowest BCUT2D eigenvalue weighted by atomic mass is 10.0. The molecule has 0 aliphatic carbocycles. The number of aliphatic carboxylic acids is 1. The lowest BCUT2D eigenvalue weighted by Gasteiger charge is -2.19. The van der Waals surface area contributed by atoms with Crippen molar-refractivity contribution in [3.05, 3.63) is 22.4 Å². The van der Waals surface area contributed by atoms with Crippen LogP contribution in [0.25, 0.3) is 4.96 Å². The highest BCUT2D eigenvalue weighted by atomic mass is 35.5. The maximum Gasteiger partial charge on any atom is 0.325 e. The standard InChI is InChI=1S/C11H13ClN4O2S/c12-8-7(16-3-4-19-10(16)14-8)5-15-2-1-11(13,6-15)9(17)18/h3-4H,1-2,5-6,13H2,(H,17,18)/t11-/m0/s1. The molecule has 3 N–H and O–H groups in total. The Morgan fingerprint density at radius 2 is 2.47 bits per heavy atom. The summed E-state index contributed by atoms with van der Waals surface area (Å²) in [7, 11) is 0. The van der Waals surface area contributed by atoms with E-state index in [4.69, 9.17) is 22.4 Å². The van der Waals surface area contributed by atoms with Crippen LogP contribution in [0.15, 0.2) is 11.6 Å². The number of hydrogen-bond donors (Lipinski definition) is 2. The van der Waals surface area contributed by atoms with E-state index in [1.165, 1.54) is 11.3 Å². The van der Waals surface area contributed by atoms with E-state index < -0.39 is 11.5 Å². The molecule has 3 rings (SSSR count). The van der Waals surface area contributed by atoms with E-state index >= 15 is 0 Å². The molecule has 19 heavy (non-hydrogen) atoms. The number of rotatable bonds is 3. The lowest BCUT2D eigenvalue weighted by molar-refractivity contribution is -0.142. The average molecular weight is 301 g/mol. The number of fused-ring (bicyclic) bond motifs is 1. The molecule has 1 saturated heterocycles. The molecule has 1 fully saturated rings. The third-order valence-electron chi connectivity index (χ3n) is 3.49. The summed E-state index contributed by atoms with van der Waals surface area (Å²) in [4.78, 5) is 18.2. The largest absolute Gasteiger partial charge is 0.480 e. The van der Waals surface area contributed by atoms with Gasteiger partial charge in [-0.3, -0.25) is 14.1 Å². The summed E-state index contributed by atoms with van der Waals surface area (Å²) >= 11 is 7.64. The number of carboxylic acids is 1. The van der Waals surface area contributed by atoms with Crippen molar-refractivity contribution in [2.45, 2.75) is 18.5 Å². The van der Waals surface area contributed by atoms with Gasteiger partial charge in [-0.05, 0) is 6.42 Å². The average Bonchev–Trinajstić information content (AvgIpc) is 2.99. The number of imidazole rings is 1. The van der Waals surface area contributed by atoms with E-state index in [0.717, 1.165) is 10.7 Å². The van der Waals surface area contributed by atoms with Gasteiger partial charge in [0.05, 0.1) is 5.69 Å². The maximum absolute atomic E-state index is 11.1. The highest BCUT2D eigenvalue weighted by Gasteiger charge is 2.41. The van der Waals surface area contributed by atoms with Gasteiger partial charge in [0.25, 0.3) is 0 Å². The summed E-state index contributed by atoms with van der Waals surface area (Å²) in [5.41, 5.74) is 5.59. The van der Waals surface area contributed by atoms with Crippen LogP contribution in [0, 0.1) is 0 Å². The molecule has 0 aromatic carbocycles. The normalized spacial score (nSPS) is 24.3. The quantitative estimate of drug-likeness (QED) is 0.885. The number of hydrogen-bond acceptors (Lipinski definition) is 5. The van der Waals surface area contributed by atoms with Crippen LogP contribution in [0.3, 0.4) is 0 Å². The molecule has 1 aliphatic heterocycles. The molecule has 0 spiro atoms. The summed E-state index contributed by atoms with van der Waals surface area (Å²) in [6, 6.07) is 0. The summed E-state index contributed by atoms with van der Waals surface area (Å²) in [6.45, 7) is 1.54. The van der Waals surface area contributed by atoms with Gasteiger partial charge in [-0.2, -0.15) is 0 Å². The molecule has 0 amide bonds. The second kappa shape index (κ2) is 4.45. The smallest absolute Gasteiger partial charge is 0.325 e. The zero-order valence-corrected chi connectivity index (χ0v) is 11.6. The fourth-order valence-corrected chi connectivity index (χ4v) is 3.40. The molecule has 0 unspecified atom stereocenters. The van der Waals surface area contributed by atoms with Crippen molar-refractivity contribution in [2.24, 2.45) is 5.73 Å². The zero-order valence-electron chi connectivity index (χ0n) is 10.0. The molecule has 2 aromatic rings. The zero-order chi connectivity index (χ0) is 13.6. The van der Waals surface area contributed by atoms with Crippen molar-refractivity contribution in [2.75, 3.05) is 13.1 Å². The van der Waals surface area contributed by atoms with Crippen LogP contribution >= 0.6 is 22.9 Å². The van der Waals surface area contributed by atoms with Gasteiger partial charge in [0.2, 0.25) is 0 Å². The van der Waals surface area contributed by atoms with E-state index in [9.17, 15) is 4.79 Å². The molecule has 6 nitrogen and oxygen atoms in total. The number of aromatic nitrogens is 2. The second-order valence-corrected chi connectivity index (χ2v) is 6.06. The highest BCUT2D eigenvalue weighted by molar-refractivity contribution is 7.15. The van der Waals surface area contributed by atoms with E-state index in [2.05, 4.69) is 4.98 Å². The van der Waals surface area contributed by atoms with Crippen LogP contribution < -0.4 is 5.73 Å². The SMILES string of the molecule is N[C@@]1(C(=O)O)CCN(Cc2c(Cl)nc3sccn23)C1. The van der Waals surface area contributed by atoms with Crippen LogP contribution in [-0.4, -0.2) is 44.0 Å². The minimum absolute atomic E-state index is 0.329. The molecule has 0 saturated carbocycles. The number of nitrogens with zero attached hydrogens (tertiary/aromatic N) is 3. The Hall–Kier alpha value is -1.15. The second-order valence-electron chi connectivity index (χ2n) is 4.83. The van der Waals surface area contributed by atoms with Crippen LogP contribution in [0.4, 0.5) is 0 Å². The van der Waals surface area contributed by atoms with Gasteiger partial charge in [-0.15, -0.1) is 11.3 Å². The number of halogens is 1. The van der Waals surface area contributed by atoms with Crippen LogP contribution in [0.5, 0.6) is 0 Å². The van der Waals surface area contributed by atoms with Gasteiger partial charge in [0.15, 0.2) is 10.1 Å². The topological polar surface area (TPSA) is 83.9 Å². The van der Waals surface area contributed by atoms with Crippen molar-refractivity contribution in [3.63, 3.8) is 0 Å². The van der Waals surface area contributed by atoms with Crippen molar-refractivity contribution in [1.29, 1.82) is 0 Å². The van der Waals surface area contributed by atoms with Crippen LogP contribution in [-0.2, 0) is 11.3 Å². The van der Waals surface area contributed by atoms with Crippen molar-refractivity contribution < 1.29 is 9.90 Å². The third kappa shape index (κ3) is 2.12. The molecular weight excluding hydrogens is 288 g/mol. The molecule has 2 aromatic heterocycles. The highest BCUT2D eigenvalue weighted by Crippen LogP contribution is 2.26. The Kier molecular flexibility index (Phi) is 3.01. The van der Waals surface area contributed by atoms with E-state index in [-0.39, 0.29) is 0 Å². The molecule has 0 radical (unpaired) electrons. The monoisotopic (exact) mass is 300 g/mol. The van der Waals surface area contributed by atoms with Crippen molar-refractivity contribution in [1.82, 2.24) is 14.3 Å². The fraction of sp³-hybridized carbons (Fsp3) is 0.455. The first kappa shape index (κ1) is 12.9. The Bertz CT molecular complexity index is 640. The molecule has 3 heterocycles. The van der Waals surface area contributed by atoms with Gasteiger partial charge in [-0.1, -0.05) is 11.6 Å². The number of carbonyl (C=O) groups is 1. The summed E-state index contributed by atoms with van der Waals surface area (Å²) in [5, 5.41) is 11.5. The molecule has 0 bridgehead atoms. The van der Waals surface area contributed by atoms with Gasteiger partial charge in [-0.25, -0.2) is 4.98 Å². The maximum atomic E-state index is 11.1. The Morgan fingerprint density at radius 3 is 3.16 bits per heavy atom. The van der Waals surface area contributed by atoms with Crippen LogP contribution in [0.2, 0.25) is 5.15 Å². The number of likely N-dealkylation sites (tertiary alicyclic amines) is 1. The summed E-state index contributed by atoms with van der Waals surface area (Å²) in [6.07, 6.45) is 2.36. The van der Waals surface area contributed by atoms with Crippen molar-refractivity contribution >= 4 is 33.9 Å². The minimum atomic E-state index is -1.15. The molecule has 102 valence electrons. The first-order valence-electron chi connectivity index (χ1n) is 5.84. The van der Waals surface area contributed by atoms with Gasteiger partial charge in [0.1, 0.15) is 5.54 Å². The summed E-state index contributed by atoms with van der Waals surface area (Å²) in [5.74, 6) is -0.949. The molecule has 1 atom stereocenters. The number of thiazole rings is 1. The van der Waals surface area contributed by atoms with Crippen LogP contribution in [0.1, 0.15) is 12.1 Å². The van der Waals surface area contributed by atoms with E-state index in [1.807, 2.05) is 20.9 Å². The lowest BCUT2D eigenvalue weighted by Crippen LogP contribution is -2.50. The third-order valence-corrected chi connectivity index (χ3v) is 4.55. The van der Waals surface area contributed by atoms with Gasteiger partial charge in [0, 0.05) is 31.2 Å². The Balaban J connectivity index is 1.81. The predicted molar refractivity (Wildman–Crippen MR) is 72.5 cm³/mol. The summed E-state index contributed by atoms with van der Waals surface area (Å²) < 4.78 is 1.93. The Morgan fingerprint density at radius 1 is 1.68 bits per heavy atom.